The molecule has 0 aliphatic heterocycles. The average molecular weight is 487 g/mol. The van der Waals surface area contributed by atoms with E-state index in [1.807, 2.05) is 0 Å². The number of carbonyl (C=O) groups is 2. The fourth-order valence-electron chi connectivity index (χ4n) is 3.02. The fraction of sp³-hybridized carbons (Fsp3) is 0.565. The molecule has 0 unspecified atom stereocenters. The van der Waals surface area contributed by atoms with Crippen molar-refractivity contribution < 1.29 is 41.9 Å². The Morgan fingerprint density at radius 1 is 0.939 bits per heavy atom. The Kier molecular flexibility index (Phi) is 14.1. The summed E-state index contributed by atoms with van der Waals surface area (Å²) in [4.78, 5) is 21.2. The number of unbranched alkanes of at least 4 members (excludes halogenated alkanes) is 6. The van der Waals surface area contributed by atoms with Crippen LogP contribution in [-0.2, 0) is 35.6 Å². The van der Waals surface area contributed by atoms with Crippen molar-refractivity contribution in [2.24, 2.45) is 0 Å². The molecular formula is C23H34O9S. The van der Waals surface area contributed by atoms with Crippen LogP contribution in [0, 0.1) is 0 Å². The van der Waals surface area contributed by atoms with Crippen LogP contribution in [0.15, 0.2) is 35.2 Å². The molecule has 0 bridgehead atoms. The maximum Gasteiger partial charge on any atom is 0.331 e. The zero-order valence-corrected chi connectivity index (χ0v) is 19.8. The molecule has 0 saturated heterocycles. The number of benzene rings is 1. The molecule has 0 saturated carbocycles. The van der Waals surface area contributed by atoms with Gasteiger partial charge in [-0.3, -0.25) is 4.55 Å². The zero-order chi connectivity index (χ0) is 24.5. The van der Waals surface area contributed by atoms with E-state index in [9.17, 15) is 22.6 Å². The van der Waals surface area contributed by atoms with Crippen LogP contribution in [0.4, 0.5) is 0 Å². The third-order valence-electron chi connectivity index (χ3n) is 4.67. The smallest absolute Gasteiger partial charge is 0.331 e. The molecule has 186 valence electrons. The molecule has 0 aromatic heterocycles. The van der Waals surface area contributed by atoms with Gasteiger partial charge < -0.3 is 19.3 Å². The molecule has 0 aliphatic rings. The second-order valence-corrected chi connectivity index (χ2v) is 8.82. The monoisotopic (exact) mass is 486 g/mol. The molecule has 0 heterocycles. The van der Waals surface area contributed by atoms with Crippen molar-refractivity contribution >= 4 is 22.1 Å². The lowest BCUT2D eigenvalue weighted by atomic mass is 10.0. The minimum Gasteiger partial charge on any atom is -0.490 e. The first-order valence-electron chi connectivity index (χ1n) is 11.1. The van der Waals surface area contributed by atoms with E-state index < -0.39 is 22.1 Å². The maximum absolute atomic E-state index is 11.8. The number of rotatable bonds is 18. The van der Waals surface area contributed by atoms with Gasteiger partial charge in [-0.2, -0.15) is 8.42 Å². The van der Waals surface area contributed by atoms with Gasteiger partial charge in [0, 0.05) is 12.2 Å². The van der Waals surface area contributed by atoms with Crippen LogP contribution in [0.25, 0.3) is 0 Å². The third-order valence-corrected chi connectivity index (χ3v) is 5.55. The maximum atomic E-state index is 11.8. The highest BCUT2D eigenvalue weighted by Crippen LogP contribution is 2.26. The molecule has 0 radical (unpaired) electrons. The van der Waals surface area contributed by atoms with E-state index in [-0.39, 0.29) is 37.1 Å². The molecule has 1 aromatic carbocycles. The number of carboxylic acids is 1. The number of hydrogen-bond donors (Lipinski definition) is 2. The number of ether oxygens (including phenoxy) is 3. The lowest BCUT2D eigenvalue weighted by Gasteiger charge is -2.12. The Labute approximate surface area is 195 Å². The molecule has 0 atom stereocenters. The molecule has 0 spiro atoms. The predicted molar refractivity (Wildman–Crippen MR) is 122 cm³/mol. The molecule has 1 aromatic rings. The van der Waals surface area contributed by atoms with Crippen LogP contribution < -0.4 is 4.74 Å². The van der Waals surface area contributed by atoms with Crippen LogP contribution in [0.1, 0.15) is 57.4 Å². The summed E-state index contributed by atoms with van der Waals surface area (Å²) in [6, 6.07) is 4.75. The summed E-state index contributed by atoms with van der Waals surface area (Å²) in [5.74, 6) is -2.02. The Morgan fingerprint density at radius 3 is 2.27 bits per heavy atom. The average Bonchev–Trinajstić information content (AvgIpc) is 2.76. The molecule has 2 N–H and O–H groups in total. The highest BCUT2D eigenvalue weighted by Gasteiger charge is 2.17. The summed E-state index contributed by atoms with van der Waals surface area (Å²) >= 11 is 0. The zero-order valence-electron chi connectivity index (χ0n) is 19.0. The highest BCUT2D eigenvalue weighted by molar-refractivity contribution is 7.86. The van der Waals surface area contributed by atoms with Gasteiger partial charge in [-0.1, -0.05) is 51.5 Å². The van der Waals surface area contributed by atoms with E-state index in [0.29, 0.717) is 6.08 Å². The van der Waals surface area contributed by atoms with Gasteiger partial charge in [0.15, 0.2) is 0 Å². The SMILES string of the molecule is CCCCCCCCCc1ccc(OCCOCCOC(=O)/C=C\C(=O)O)c(S(=O)(=O)O)c1. The summed E-state index contributed by atoms with van der Waals surface area (Å²) in [6.45, 7) is 2.27. The Bertz CT molecular complexity index is 863. The Balaban J connectivity index is 2.40. The Morgan fingerprint density at radius 2 is 1.61 bits per heavy atom. The van der Waals surface area contributed by atoms with Crippen molar-refractivity contribution in [1.82, 2.24) is 0 Å². The van der Waals surface area contributed by atoms with Gasteiger partial charge in [0.05, 0.1) is 13.2 Å². The van der Waals surface area contributed by atoms with Crippen LogP contribution >= 0.6 is 0 Å². The van der Waals surface area contributed by atoms with Crippen molar-refractivity contribution in [2.45, 2.75) is 63.2 Å². The van der Waals surface area contributed by atoms with Gasteiger partial charge in [-0.15, -0.1) is 0 Å². The fourth-order valence-corrected chi connectivity index (χ4v) is 3.70. The van der Waals surface area contributed by atoms with Crippen LogP contribution in [0.5, 0.6) is 5.75 Å². The Hall–Kier alpha value is -2.43. The van der Waals surface area contributed by atoms with E-state index in [0.717, 1.165) is 37.3 Å². The van der Waals surface area contributed by atoms with Gasteiger partial charge in [0.25, 0.3) is 10.1 Å². The van der Waals surface area contributed by atoms with E-state index in [1.54, 1.807) is 6.07 Å². The number of hydrogen-bond acceptors (Lipinski definition) is 7. The highest BCUT2D eigenvalue weighted by atomic mass is 32.2. The molecule has 33 heavy (non-hydrogen) atoms. The molecule has 0 aliphatic carbocycles. The van der Waals surface area contributed by atoms with Crippen molar-refractivity contribution in [1.29, 1.82) is 0 Å². The summed E-state index contributed by atoms with van der Waals surface area (Å²) in [7, 11) is -4.45. The first kappa shape index (κ1) is 28.6. The standard InChI is InChI=1S/C23H34O9S/c1-2-3-4-5-6-7-8-9-19-10-11-20(21(18-19)33(27,28)29)31-16-14-30-15-17-32-23(26)13-12-22(24)25/h10-13,18H,2-9,14-17H2,1H3,(H,24,25)(H,27,28,29)/b13-12-. The van der Waals surface area contributed by atoms with Crippen LogP contribution in [-0.4, -0.2) is 56.4 Å². The normalized spacial score (nSPS) is 11.6. The van der Waals surface area contributed by atoms with Gasteiger partial charge >= 0.3 is 11.9 Å². The minimum atomic E-state index is -4.45. The van der Waals surface area contributed by atoms with E-state index in [4.69, 9.17) is 19.3 Å². The second kappa shape index (κ2) is 16.2. The third kappa shape index (κ3) is 13.7. The van der Waals surface area contributed by atoms with Gasteiger partial charge in [-0.25, -0.2) is 9.59 Å². The number of carboxylic acid groups (broad SMARTS) is 1. The van der Waals surface area contributed by atoms with Crippen molar-refractivity contribution in [3.8, 4) is 5.75 Å². The number of esters is 1. The van der Waals surface area contributed by atoms with Gasteiger partial charge in [-0.05, 0) is 30.5 Å². The molecule has 0 amide bonds. The molecular weight excluding hydrogens is 452 g/mol. The van der Waals surface area contributed by atoms with Crippen molar-refractivity contribution in [3.05, 3.63) is 35.9 Å². The van der Waals surface area contributed by atoms with Crippen LogP contribution in [0.2, 0.25) is 0 Å². The van der Waals surface area contributed by atoms with Gasteiger partial charge in [0.2, 0.25) is 0 Å². The number of carbonyl (C=O) groups excluding carboxylic acids is 1. The first-order chi connectivity index (χ1) is 15.7. The largest absolute Gasteiger partial charge is 0.490 e. The summed E-state index contributed by atoms with van der Waals surface area (Å²) in [6.07, 6.45) is 10.3. The second-order valence-electron chi connectivity index (χ2n) is 7.43. The van der Waals surface area contributed by atoms with Crippen molar-refractivity contribution in [3.63, 3.8) is 0 Å². The predicted octanol–water partition coefficient (Wildman–Crippen LogP) is 3.81. The molecule has 9 nitrogen and oxygen atoms in total. The number of aliphatic carboxylic acids is 1. The van der Waals surface area contributed by atoms with E-state index >= 15 is 0 Å². The lowest BCUT2D eigenvalue weighted by Crippen LogP contribution is -2.13. The van der Waals surface area contributed by atoms with Crippen molar-refractivity contribution in [2.75, 3.05) is 26.4 Å². The quantitative estimate of drug-likeness (QED) is 0.137. The van der Waals surface area contributed by atoms with Crippen LogP contribution in [0.3, 0.4) is 0 Å². The topological polar surface area (TPSA) is 136 Å². The lowest BCUT2D eigenvalue weighted by molar-refractivity contribution is -0.140. The minimum absolute atomic E-state index is 0.0203. The molecule has 10 heteroatoms. The molecule has 1 rings (SSSR count). The summed E-state index contributed by atoms with van der Waals surface area (Å²) < 4.78 is 48.5. The van der Waals surface area contributed by atoms with E-state index in [2.05, 4.69) is 6.92 Å². The van der Waals surface area contributed by atoms with Gasteiger partial charge in [0.1, 0.15) is 23.9 Å². The summed E-state index contributed by atoms with van der Waals surface area (Å²) in [5, 5.41) is 8.41. The van der Waals surface area contributed by atoms with E-state index in [1.165, 1.54) is 37.8 Å². The first-order valence-corrected chi connectivity index (χ1v) is 12.6. The number of aryl methyl sites for hydroxylation is 1. The molecule has 0 fully saturated rings. The summed E-state index contributed by atoms with van der Waals surface area (Å²) in [5.41, 5.74) is 0.818.